The summed E-state index contributed by atoms with van der Waals surface area (Å²) in [6.07, 6.45) is 0.948. The predicted octanol–water partition coefficient (Wildman–Crippen LogP) is 3.75. The summed E-state index contributed by atoms with van der Waals surface area (Å²) >= 11 is 0. The van der Waals surface area contributed by atoms with Crippen molar-refractivity contribution < 1.29 is 9.84 Å². The molecule has 0 fully saturated rings. The van der Waals surface area contributed by atoms with Gasteiger partial charge in [0.05, 0.1) is 19.8 Å². The maximum atomic E-state index is 9.20. The van der Waals surface area contributed by atoms with Crippen LogP contribution in [-0.2, 0) is 6.61 Å². The number of ether oxygens (including phenoxy) is 1. The summed E-state index contributed by atoms with van der Waals surface area (Å²) in [6, 6.07) is 16.1. The lowest BCUT2D eigenvalue weighted by atomic mass is 10.0. The van der Waals surface area contributed by atoms with Crippen molar-refractivity contribution in [1.82, 2.24) is 0 Å². The Labute approximate surface area is 120 Å². The second kappa shape index (κ2) is 6.96. The van der Waals surface area contributed by atoms with E-state index in [1.165, 1.54) is 0 Å². The van der Waals surface area contributed by atoms with E-state index in [4.69, 9.17) is 4.74 Å². The Balaban J connectivity index is 2.24. The second-order valence-electron chi connectivity index (χ2n) is 4.71. The van der Waals surface area contributed by atoms with Gasteiger partial charge in [0, 0.05) is 11.3 Å². The van der Waals surface area contributed by atoms with Crippen LogP contribution in [0, 0.1) is 0 Å². The zero-order valence-electron chi connectivity index (χ0n) is 12.0. The highest BCUT2D eigenvalue weighted by atomic mass is 16.5. The molecule has 0 saturated heterocycles. The Hall–Kier alpha value is -2.00. The maximum Gasteiger partial charge on any atom is 0.124 e. The smallest absolute Gasteiger partial charge is 0.124 e. The first-order valence-corrected chi connectivity index (χ1v) is 6.87. The van der Waals surface area contributed by atoms with E-state index in [2.05, 4.69) is 18.3 Å². The first-order chi connectivity index (χ1) is 9.78. The van der Waals surface area contributed by atoms with Crippen LogP contribution >= 0.6 is 0 Å². The van der Waals surface area contributed by atoms with Crippen LogP contribution < -0.4 is 10.1 Å². The molecule has 2 N–H and O–H groups in total. The molecule has 3 heteroatoms. The maximum absolute atomic E-state index is 9.20. The Morgan fingerprint density at radius 3 is 2.65 bits per heavy atom. The fourth-order valence-electron chi connectivity index (χ4n) is 2.31. The van der Waals surface area contributed by atoms with E-state index in [9.17, 15) is 5.11 Å². The van der Waals surface area contributed by atoms with Gasteiger partial charge in [-0.25, -0.2) is 0 Å². The topological polar surface area (TPSA) is 41.5 Å². The molecule has 2 aromatic rings. The molecule has 0 amide bonds. The number of hydrogen-bond acceptors (Lipinski definition) is 3. The Bertz CT molecular complexity index is 554. The Morgan fingerprint density at radius 1 is 1.15 bits per heavy atom. The number of hydrogen-bond donors (Lipinski definition) is 2. The second-order valence-corrected chi connectivity index (χ2v) is 4.71. The minimum atomic E-state index is 0.0565. The van der Waals surface area contributed by atoms with E-state index in [1.807, 2.05) is 42.5 Å². The number of methoxy groups -OCH3 is 1. The molecule has 0 saturated carbocycles. The molecule has 0 aliphatic heterocycles. The minimum absolute atomic E-state index is 0.0565. The van der Waals surface area contributed by atoms with Crippen LogP contribution in [0.4, 0.5) is 5.69 Å². The largest absolute Gasteiger partial charge is 0.496 e. The summed E-state index contributed by atoms with van der Waals surface area (Å²) in [5.41, 5.74) is 3.06. The molecule has 0 aromatic heterocycles. The van der Waals surface area contributed by atoms with Gasteiger partial charge in [0.15, 0.2) is 0 Å². The third-order valence-corrected chi connectivity index (χ3v) is 3.37. The van der Waals surface area contributed by atoms with E-state index in [-0.39, 0.29) is 12.6 Å². The van der Waals surface area contributed by atoms with Crippen molar-refractivity contribution in [1.29, 1.82) is 0 Å². The third-order valence-electron chi connectivity index (χ3n) is 3.37. The number of aliphatic hydroxyl groups excluding tert-OH is 1. The van der Waals surface area contributed by atoms with Gasteiger partial charge in [-0.3, -0.25) is 0 Å². The fraction of sp³-hybridized carbons (Fsp3) is 0.294. The minimum Gasteiger partial charge on any atom is -0.496 e. The molecule has 106 valence electrons. The summed E-state index contributed by atoms with van der Waals surface area (Å²) < 4.78 is 5.43. The van der Waals surface area contributed by atoms with Gasteiger partial charge in [-0.15, -0.1) is 0 Å². The molecule has 0 radical (unpaired) electrons. The molecule has 0 aliphatic rings. The molecule has 0 bridgehead atoms. The number of rotatable bonds is 6. The van der Waals surface area contributed by atoms with Gasteiger partial charge in [-0.05, 0) is 30.2 Å². The molecule has 0 aliphatic carbocycles. The lowest BCUT2D eigenvalue weighted by Gasteiger charge is -2.21. The predicted molar refractivity (Wildman–Crippen MR) is 82.0 cm³/mol. The van der Waals surface area contributed by atoms with Gasteiger partial charge in [-0.2, -0.15) is 0 Å². The van der Waals surface area contributed by atoms with E-state index in [0.29, 0.717) is 0 Å². The van der Waals surface area contributed by atoms with E-state index in [0.717, 1.165) is 29.0 Å². The van der Waals surface area contributed by atoms with Crippen LogP contribution in [0.3, 0.4) is 0 Å². The molecular weight excluding hydrogens is 250 g/mol. The monoisotopic (exact) mass is 271 g/mol. The van der Waals surface area contributed by atoms with Crippen LogP contribution in [0.25, 0.3) is 0 Å². The molecular formula is C17H21NO2. The van der Waals surface area contributed by atoms with Crippen molar-refractivity contribution in [3.8, 4) is 5.75 Å². The third kappa shape index (κ3) is 3.31. The van der Waals surface area contributed by atoms with E-state index >= 15 is 0 Å². The highest BCUT2D eigenvalue weighted by molar-refractivity contribution is 5.49. The van der Waals surface area contributed by atoms with Gasteiger partial charge >= 0.3 is 0 Å². The van der Waals surface area contributed by atoms with Crippen LogP contribution in [-0.4, -0.2) is 12.2 Å². The number of benzene rings is 2. The molecule has 2 aromatic carbocycles. The molecule has 20 heavy (non-hydrogen) atoms. The summed E-state index contributed by atoms with van der Waals surface area (Å²) in [4.78, 5) is 0. The first kappa shape index (κ1) is 14.4. The lowest BCUT2D eigenvalue weighted by molar-refractivity contribution is 0.282. The van der Waals surface area contributed by atoms with Gasteiger partial charge in [0.1, 0.15) is 5.75 Å². The van der Waals surface area contributed by atoms with E-state index < -0.39 is 0 Å². The van der Waals surface area contributed by atoms with Gasteiger partial charge in [0.25, 0.3) is 0 Å². The Kier molecular flexibility index (Phi) is 5.02. The average molecular weight is 271 g/mol. The normalized spacial score (nSPS) is 11.9. The van der Waals surface area contributed by atoms with Crippen molar-refractivity contribution in [2.24, 2.45) is 0 Å². The highest BCUT2D eigenvalue weighted by Gasteiger charge is 2.13. The van der Waals surface area contributed by atoms with Crippen molar-refractivity contribution in [2.45, 2.75) is 26.0 Å². The van der Waals surface area contributed by atoms with Crippen LogP contribution in [0.1, 0.15) is 30.5 Å². The van der Waals surface area contributed by atoms with Gasteiger partial charge in [-0.1, -0.05) is 37.3 Å². The zero-order valence-corrected chi connectivity index (χ0v) is 12.0. The summed E-state index contributed by atoms with van der Waals surface area (Å²) in [5, 5.41) is 12.7. The Morgan fingerprint density at radius 2 is 1.95 bits per heavy atom. The summed E-state index contributed by atoms with van der Waals surface area (Å²) in [6.45, 7) is 2.20. The molecule has 2 rings (SSSR count). The first-order valence-electron chi connectivity index (χ1n) is 6.87. The van der Waals surface area contributed by atoms with Crippen molar-refractivity contribution >= 4 is 5.69 Å². The van der Waals surface area contributed by atoms with E-state index in [1.54, 1.807) is 7.11 Å². The summed E-state index contributed by atoms with van der Waals surface area (Å²) in [7, 11) is 1.69. The van der Waals surface area contributed by atoms with Crippen molar-refractivity contribution in [3.05, 3.63) is 59.7 Å². The number of para-hydroxylation sites is 1. The van der Waals surface area contributed by atoms with Crippen LogP contribution in [0.15, 0.2) is 48.5 Å². The average Bonchev–Trinajstić information content (AvgIpc) is 2.52. The highest BCUT2D eigenvalue weighted by Crippen LogP contribution is 2.30. The van der Waals surface area contributed by atoms with Gasteiger partial charge < -0.3 is 15.2 Å². The molecule has 3 nitrogen and oxygen atoms in total. The molecule has 0 heterocycles. The van der Waals surface area contributed by atoms with Gasteiger partial charge in [0.2, 0.25) is 0 Å². The lowest BCUT2D eigenvalue weighted by Crippen LogP contribution is -2.11. The van der Waals surface area contributed by atoms with Crippen molar-refractivity contribution in [2.75, 3.05) is 12.4 Å². The quantitative estimate of drug-likeness (QED) is 0.840. The van der Waals surface area contributed by atoms with Crippen LogP contribution in [0.2, 0.25) is 0 Å². The number of anilines is 1. The SMILES string of the molecule is CCC(Nc1cccc(CO)c1)c1ccccc1OC. The van der Waals surface area contributed by atoms with Crippen molar-refractivity contribution in [3.63, 3.8) is 0 Å². The zero-order chi connectivity index (χ0) is 14.4. The molecule has 1 unspecified atom stereocenters. The fourth-order valence-corrected chi connectivity index (χ4v) is 2.31. The molecule has 0 spiro atoms. The number of nitrogens with one attached hydrogen (secondary N) is 1. The standard InChI is InChI=1S/C17H21NO2/c1-3-16(15-9-4-5-10-17(15)20-2)18-14-8-6-7-13(11-14)12-19/h4-11,16,18-19H,3,12H2,1-2H3. The summed E-state index contributed by atoms with van der Waals surface area (Å²) in [5.74, 6) is 0.894. The van der Waals surface area contributed by atoms with Crippen LogP contribution in [0.5, 0.6) is 5.75 Å². The molecule has 1 atom stereocenters. The number of aliphatic hydroxyl groups is 1.